The summed E-state index contributed by atoms with van der Waals surface area (Å²) < 4.78 is 61.7. The van der Waals surface area contributed by atoms with E-state index in [1.807, 2.05) is 6.92 Å². The number of aromatic nitrogens is 5. The molecule has 1 aliphatic rings. The molecule has 0 aliphatic heterocycles. The largest absolute Gasteiger partial charge is 0.495 e. The van der Waals surface area contributed by atoms with Crippen LogP contribution in [0.15, 0.2) is 48.9 Å². The van der Waals surface area contributed by atoms with Gasteiger partial charge in [0.15, 0.2) is 11.9 Å². The molecule has 1 saturated carbocycles. The second-order valence-corrected chi connectivity index (χ2v) is 13.1. The summed E-state index contributed by atoms with van der Waals surface area (Å²) in [4.78, 5) is 25.3. The minimum Gasteiger partial charge on any atom is -0.495 e. The number of benzene rings is 1. The van der Waals surface area contributed by atoms with Crippen molar-refractivity contribution in [2.45, 2.75) is 45.1 Å². The molecule has 4 N–H and O–H groups in total. The van der Waals surface area contributed by atoms with E-state index in [0.717, 1.165) is 24.8 Å². The number of aliphatic hydroxyl groups is 1. The van der Waals surface area contributed by atoms with E-state index in [1.165, 1.54) is 20.2 Å². The Labute approximate surface area is 270 Å². The van der Waals surface area contributed by atoms with E-state index in [-0.39, 0.29) is 29.4 Å². The van der Waals surface area contributed by atoms with Gasteiger partial charge in [0, 0.05) is 42.5 Å². The maximum Gasteiger partial charge on any atom is 0.421 e. The van der Waals surface area contributed by atoms with Crippen LogP contribution >= 0.6 is 7.80 Å². The number of hydrogen-bond donors (Lipinski definition) is 4. The highest BCUT2D eigenvalue weighted by molar-refractivity contribution is 7.43. The number of anilines is 4. The Hall–Kier alpha value is -4.62. The summed E-state index contributed by atoms with van der Waals surface area (Å²) in [6.45, 7) is 2.55. The Morgan fingerprint density at radius 2 is 1.89 bits per heavy atom. The number of nitrogens with zero attached hydrogens (tertiary/aromatic N) is 5. The number of aliphatic hydroxyl groups excluding tert-OH is 1. The summed E-state index contributed by atoms with van der Waals surface area (Å²) >= 11 is 0. The summed E-state index contributed by atoms with van der Waals surface area (Å²) in [6.07, 6.45) is 2.72. The van der Waals surface area contributed by atoms with Gasteiger partial charge in [-0.2, -0.15) is 23.3 Å². The molecule has 5 rings (SSSR count). The van der Waals surface area contributed by atoms with Gasteiger partial charge in [-0.15, -0.1) is 0 Å². The molecule has 1 amide bonds. The van der Waals surface area contributed by atoms with Crippen LogP contribution in [0.2, 0.25) is 0 Å². The lowest BCUT2D eigenvalue weighted by molar-refractivity contribution is -0.137. The highest BCUT2D eigenvalue weighted by atomic mass is 31.1. The fourth-order valence-corrected chi connectivity index (χ4v) is 6.20. The van der Waals surface area contributed by atoms with Crippen molar-refractivity contribution in [2.75, 3.05) is 37.6 Å². The Balaban J connectivity index is 1.44. The van der Waals surface area contributed by atoms with Crippen molar-refractivity contribution >= 4 is 36.8 Å². The summed E-state index contributed by atoms with van der Waals surface area (Å²) in [5.41, 5.74) is 0.641. The molecule has 1 aliphatic carbocycles. The number of carbonyl (C=O) groups is 1. The summed E-state index contributed by atoms with van der Waals surface area (Å²) in [5.74, 6) is -1.04. The predicted molar refractivity (Wildman–Crippen MR) is 171 cm³/mol. The third-order valence-electron chi connectivity index (χ3n) is 7.75. The molecule has 3 heterocycles. The van der Waals surface area contributed by atoms with E-state index in [9.17, 15) is 27.6 Å². The first kappa shape index (κ1) is 33.7. The molecule has 0 spiro atoms. The van der Waals surface area contributed by atoms with Crippen molar-refractivity contribution in [2.24, 2.45) is 5.41 Å². The van der Waals surface area contributed by atoms with Crippen LogP contribution < -0.4 is 20.7 Å². The van der Waals surface area contributed by atoms with Crippen LogP contribution in [0.5, 0.6) is 5.75 Å². The first-order valence-corrected chi connectivity index (χ1v) is 16.5. The third-order valence-corrected chi connectivity index (χ3v) is 9.41. The van der Waals surface area contributed by atoms with Gasteiger partial charge in [-0.3, -0.25) is 9.48 Å². The van der Waals surface area contributed by atoms with Crippen LogP contribution in [0.4, 0.5) is 36.3 Å². The molecular formula is C31H35F3N8O4P+. The molecule has 1 fully saturated rings. The van der Waals surface area contributed by atoms with Crippen molar-refractivity contribution in [3.63, 3.8) is 0 Å². The molecule has 1 aromatic carbocycles. The van der Waals surface area contributed by atoms with Gasteiger partial charge in [0.1, 0.15) is 23.3 Å². The third kappa shape index (κ3) is 8.03. The number of hydrogen-bond acceptors (Lipinski definition) is 10. The zero-order chi connectivity index (χ0) is 33.8. The number of alkyl halides is 3. The van der Waals surface area contributed by atoms with Gasteiger partial charge in [-0.25, -0.2) is 9.97 Å². The van der Waals surface area contributed by atoms with Gasteiger partial charge in [0.25, 0.3) is 5.91 Å². The minimum atomic E-state index is -4.82. The molecule has 12 nitrogen and oxygen atoms in total. The van der Waals surface area contributed by atoms with Gasteiger partial charge in [-0.1, -0.05) is 17.6 Å². The summed E-state index contributed by atoms with van der Waals surface area (Å²) in [6, 6.07) is 8.11. The first-order valence-electron chi connectivity index (χ1n) is 14.9. The number of rotatable bonds is 14. The monoisotopic (exact) mass is 671 g/mol. The molecule has 47 heavy (non-hydrogen) atoms. The lowest BCUT2D eigenvalue weighted by atomic mass is 10.1. The fraction of sp³-hybridized carbons (Fsp3) is 0.387. The van der Waals surface area contributed by atoms with Gasteiger partial charge in [0.05, 0.1) is 37.0 Å². The van der Waals surface area contributed by atoms with Crippen molar-refractivity contribution < 1.29 is 32.4 Å². The molecule has 4 aromatic rings. The maximum absolute atomic E-state index is 14.1. The van der Waals surface area contributed by atoms with Crippen molar-refractivity contribution in [1.82, 2.24) is 30.0 Å². The molecule has 16 heteroatoms. The average molecular weight is 672 g/mol. The van der Waals surface area contributed by atoms with Crippen LogP contribution in [0.1, 0.15) is 47.8 Å². The highest BCUT2D eigenvalue weighted by Gasteiger charge is 2.42. The maximum atomic E-state index is 14.1. The molecule has 1 atom stereocenters. The molecule has 3 aromatic heterocycles. The molecule has 0 bridgehead atoms. The lowest BCUT2D eigenvalue weighted by Gasteiger charge is -2.17. The van der Waals surface area contributed by atoms with Crippen LogP contribution in [0.25, 0.3) is 11.3 Å². The Kier molecular flexibility index (Phi) is 10.1. The Morgan fingerprint density at radius 1 is 1.13 bits per heavy atom. The van der Waals surface area contributed by atoms with Crippen LogP contribution in [0, 0.1) is 5.41 Å². The van der Waals surface area contributed by atoms with Crippen molar-refractivity contribution in [3.05, 3.63) is 65.7 Å². The second kappa shape index (κ2) is 14.0. The number of halogens is 3. The Morgan fingerprint density at radius 3 is 2.55 bits per heavy atom. The highest BCUT2D eigenvalue weighted by Crippen LogP contribution is 2.46. The normalized spacial score (nSPS) is 14.0. The predicted octanol–water partition coefficient (Wildman–Crippen LogP) is 6.12. The smallest absolute Gasteiger partial charge is 0.421 e. The fourth-order valence-electron chi connectivity index (χ4n) is 4.94. The number of carbonyl (C=O) groups excluding carboxylic acids is 1. The van der Waals surface area contributed by atoms with Crippen LogP contribution in [-0.4, -0.2) is 62.7 Å². The molecule has 1 unspecified atom stereocenters. The minimum absolute atomic E-state index is 0.0176. The van der Waals surface area contributed by atoms with E-state index in [1.54, 1.807) is 41.3 Å². The zero-order valence-corrected chi connectivity index (χ0v) is 27.0. The molecular weight excluding hydrogens is 636 g/mol. The topological polar surface area (TPSA) is 156 Å². The van der Waals surface area contributed by atoms with E-state index >= 15 is 0 Å². The summed E-state index contributed by atoms with van der Waals surface area (Å²) in [7, 11) is 1.41. The number of pyridine rings is 1. The van der Waals surface area contributed by atoms with Crippen molar-refractivity contribution in [3.8, 4) is 17.0 Å². The number of ether oxygens (including phenoxy) is 1. The van der Waals surface area contributed by atoms with Gasteiger partial charge in [-0.05, 0) is 43.5 Å². The quantitative estimate of drug-likeness (QED) is 0.115. The molecule has 0 saturated heterocycles. The second-order valence-electron chi connectivity index (χ2n) is 11.4. The van der Waals surface area contributed by atoms with E-state index in [0.29, 0.717) is 47.8 Å². The van der Waals surface area contributed by atoms with E-state index < -0.39 is 31.3 Å². The average Bonchev–Trinajstić information content (AvgIpc) is 3.67. The molecule has 0 radical (unpaired) electrons. The number of amides is 1. The van der Waals surface area contributed by atoms with Gasteiger partial charge >= 0.3 is 14.0 Å². The summed E-state index contributed by atoms with van der Waals surface area (Å²) in [5, 5.41) is 22.0. The van der Waals surface area contributed by atoms with E-state index in [4.69, 9.17) is 4.74 Å². The van der Waals surface area contributed by atoms with Crippen molar-refractivity contribution in [1.29, 1.82) is 0 Å². The van der Waals surface area contributed by atoms with Crippen LogP contribution in [-0.2, 0) is 23.4 Å². The lowest BCUT2D eigenvalue weighted by Crippen LogP contribution is -2.21. The SMILES string of the molecule is CCC[P+](=O)Cc1ccc(Nc2ncc(C(F)(F)F)c(Nc3ccc(-c4cnn(CC5(CO)CC5)c4)nc3C(=O)NC)n2)c(OC)c1. The van der Waals surface area contributed by atoms with Crippen LogP contribution in [0.3, 0.4) is 0 Å². The van der Waals surface area contributed by atoms with Gasteiger partial charge in [0.2, 0.25) is 5.95 Å². The number of nitrogens with one attached hydrogen (secondary N) is 3. The van der Waals surface area contributed by atoms with Gasteiger partial charge < -0.3 is 25.8 Å². The Bertz CT molecular complexity index is 1780. The number of methoxy groups -OCH3 is 1. The first-order chi connectivity index (χ1) is 22.5. The molecule has 248 valence electrons. The standard InChI is InChI=1S/C31H34F3N8O4P/c1-4-11-47(45)16-19-5-6-23(25(12-19)46-3)40-29-36-14-21(31(32,33)34)27(41-29)39-24-8-7-22(38-26(24)28(44)35-2)20-13-37-42(15-20)17-30(18-43)9-10-30/h5-8,12-15,43H,4,9-11,16-18H2,1-3H3,(H2-,35,36,39,40,41,44)/p+1. The zero-order valence-electron chi connectivity index (χ0n) is 26.1. The van der Waals surface area contributed by atoms with E-state index in [2.05, 4.69) is 36.0 Å².